The van der Waals surface area contributed by atoms with Crippen molar-refractivity contribution in [3.63, 3.8) is 0 Å². The zero-order valence-corrected chi connectivity index (χ0v) is 8.76. The molecule has 0 bridgehead atoms. The van der Waals surface area contributed by atoms with Crippen LogP contribution in [-0.2, 0) is 51.8 Å². The van der Waals surface area contributed by atoms with E-state index in [0.29, 0.717) is 6.61 Å². The van der Waals surface area contributed by atoms with Crippen molar-refractivity contribution < 1.29 is 51.8 Å². The molecule has 0 aliphatic carbocycles. The third-order valence-electron chi connectivity index (χ3n) is 0.287. The molecule has 0 spiro atoms. The van der Waals surface area contributed by atoms with Crippen LogP contribution in [0.1, 0.15) is 21.8 Å². The van der Waals surface area contributed by atoms with Crippen molar-refractivity contribution in [1.82, 2.24) is 0 Å². The maximum atomic E-state index is 9.06. The summed E-state index contributed by atoms with van der Waals surface area (Å²) in [6.45, 7) is 4.60. The Kier molecular flexibility index (Phi) is 108. The molecule has 0 saturated heterocycles. The van der Waals surface area contributed by atoms with Crippen LogP contribution in [0.5, 0.6) is 0 Å². The number of hydrogen-bond acceptors (Lipinski definition) is 4. The smallest absolute Gasteiger partial charge is 0.0451 e. The fraction of sp³-hybridized carbons (Fsp3) is 0.714. The van der Waals surface area contributed by atoms with Crippen LogP contribution in [0.25, 0.3) is 0 Å². The van der Waals surface area contributed by atoms with Gasteiger partial charge in [0.05, 0.1) is 0 Å². The summed E-state index contributed by atoms with van der Waals surface area (Å²) >= 11 is 0. The zero-order valence-electron chi connectivity index (χ0n) is 5.92. The Hall–Kier alpha value is 0.0439. The fourth-order valence-corrected chi connectivity index (χ4v) is 0.0589. The minimum atomic E-state index is 0. The molecule has 0 N–H and O–H groups in total. The van der Waals surface area contributed by atoms with Crippen LogP contribution in [0, 0.1) is 0 Å². The molecular weight excluding hydrogens is 237 g/mol. The monoisotopic (exact) mass is 253 g/mol. The van der Waals surface area contributed by atoms with Gasteiger partial charge in [-0.3, -0.25) is 0 Å². The fourth-order valence-electron chi connectivity index (χ4n) is 0.0589. The zero-order chi connectivity index (χ0) is 7.54. The van der Waals surface area contributed by atoms with Crippen LogP contribution in [0.3, 0.4) is 0 Å². The van der Waals surface area contributed by atoms with Gasteiger partial charge in [-0.2, -0.15) is 0 Å². The van der Waals surface area contributed by atoms with E-state index >= 15 is 0 Å². The van der Waals surface area contributed by atoms with Crippen LogP contribution in [0.15, 0.2) is 0 Å². The molecule has 0 amide bonds. The van der Waals surface area contributed by atoms with E-state index in [1.165, 1.54) is 20.1 Å². The summed E-state index contributed by atoms with van der Waals surface area (Å²) in [5, 5.41) is 0. The van der Waals surface area contributed by atoms with Gasteiger partial charge < -0.3 is 19.1 Å². The third kappa shape index (κ3) is 88.7. The molecule has 0 aromatic heterocycles. The molecule has 12 heavy (non-hydrogen) atoms. The number of ether oxygens (including phenoxy) is 2. The Morgan fingerprint density at radius 3 is 1.50 bits per heavy atom. The first-order valence-electron chi connectivity index (χ1n) is 2.22. The summed E-state index contributed by atoms with van der Waals surface area (Å²) in [5.41, 5.74) is 0. The van der Waals surface area contributed by atoms with Crippen LogP contribution in [0.4, 0.5) is 0 Å². The number of methoxy groups -OCH3 is 1. The third-order valence-corrected chi connectivity index (χ3v) is 0.287. The normalized spacial score (nSPS) is 4.50. The Balaban J connectivity index is -0.0000000221. The van der Waals surface area contributed by atoms with Gasteiger partial charge in [-0.05, 0) is 6.92 Å². The molecule has 4 nitrogen and oxygen atoms in total. The average Bonchev–Trinajstić information content (AvgIpc) is 1.91. The average molecular weight is 253 g/mol. The molecule has 73 valence electrons. The van der Waals surface area contributed by atoms with Gasteiger partial charge in [0.1, 0.15) is 0 Å². The molecule has 0 fully saturated rings. The van der Waals surface area contributed by atoms with Crippen molar-refractivity contribution in [3.05, 3.63) is 0 Å². The summed E-state index contributed by atoms with van der Waals surface area (Å²) in [7, 11) is 1.26. The topological polar surface area (TPSA) is 52.6 Å². The summed E-state index contributed by atoms with van der Waals surface area (Å²) in [6.07, 6.45) is 0. The summed E-state index contributed by atoms with van der Waals surface area (Å²) < 4.78 is 7.76. The molecule has 0 aromatic carbocycles. The SMILES string of the molecule is C.C.CCO[C-]=O.CO[C-]=O.[Y]. The van der Waals surface area contributed by atoms with Gasteiger partial charge in [0.2, 0.25) is 0 Å². The number of hydrogen-bond donors (Lipinski definition) is 0. The second-order valence-electron chi connectivity index (χ2n) is 0.804. The molecule has 0 atom stereocenters. The summed E-state index contributed by atoms with van der Waals surface area (Å²) in [6, 6.07) is 0. The van der Waals surface area contributed by atoms with E-state index in [0.717, 1.165) is 0 Å². The maximum absolute atomic E-state index is 9.06. The predicted molar refractivity (Wildman–Crippen MR) is 43.5 cm³/mol. The van der Waals surface area contributed by atoms with E-state index in [2.05, 4.69) is 9.47 Å². The molecule has 5 heteroatoms. The van der Waals surface area contributed by atoms with Crippen LogP contribution >= 0.6 is 0 Å². The molecule has 0 rings (SSSR count). The predicted octanol–water partition coefficient (Wildman–Crippen LogP) is 1.06. The van der Waals surface area contributed by atoms with Gasteiger partial charge in [-0.25, -0.2) is 0 Å². The van der Waals surface area contributed by atoms with Gasteiger partial charge in [-0.1, -0.05) is 27.8 Å². The van der Waals surface area contributed by atoms with Crippen molar-refractivity contribution in [2.75, 3.05) is 13.7 Å². The van der Waals surface area contributed by atoms with Crippen molar-refractivity contribution in [1.29, 1.82) is 0 Å². The van der Waals surface area contributed by atoms with Crippen molar-refractivity contribution >= 4 is 12.9 Å². The van der Waals surface area contributed by atoms with Crippen LogP contribution < -0.4 is 0 Å². The summed E-state index contributed by atoms with van der Waals surface area (Å²) in [4.78, 5) is 17.9. The number of carbonyl (C=O) groups excluding carboxylic acids is 2. The first kappa shape index (κ1) is 29.6. The molecule has 0 heterocycles. The standard InChI is InChI=1S/C3H5O2.C2H3O2.2CH4.Y/c1-2-5-3-4;1-4-2-3;;;/h2H2,1H3;1H3;2*1H4;/q2*-1;;;. The van der Waals surface area contributed by atoms with E-state index < -0.39 is 0 Å². The minimum Gasteiger partial charge on any atom is -0.655 e. The Morgan fingerprint density at radius 1 is 1.17 bits per heavy atom. The molecule has 0 aliphatic heterocycles. The molecular formula is C7H16O4Y-2. The largest absolute Gasteiger partial charge is 0.655 e. The molecule has 0 saturated carbocycles. The molecule has 0 aliphatic rings. The molecule has 0 unspecified atom stereocenters. The van der Waals surface area contributed by atoms with E-state index in [9.17, 15) is 0 Å². The van der Waals surface area contributed by atoms with Crippen LogP contribution in [-0.4, -0.2) is 26.7 Å². The number of rotatable bonds is 3. The Bertz CT molecular complexity index is 68.4. The van der Waals surface area contributed by atoms with Crippen molar-refractivity contribution in [2.45, 2.75) is 21.8 Å². The van der Waals surface area contributed by atoms with Crippen LogP contribution in [0.2, 0.25) is 0 Å². The van der Waals surface area contributed by atoms with Gasteiger partial charge in [0.25, 0.3) is 0 Å². The Morgan fingerprint density at radius 2 is 1.50 bits per heavy atom. The first-order valence-corrected chi connectivity index (χ1v) is 2.22. The van der Waals surface area contributed by atoms with Gasteiger partial charge in [0.15, 0.2) is 0 Å². The van der Waals surface area contributed by atoms with Crippen molar-refractivity contribution in [2.24, 2.45) is 0 Å². The quantitative estimate of drug-likeness (QED) is 0.706. The van der Waals surface area contributed by atoms with E-state index in [1.54, 1.807) is 6.92 Å². The Labute approximate surface area is 99.9 Å². The van der Waals surface area contributed by atoms with E-state index in [-0.39, 0.29) is 47.6 Å². The van der Waals surface area contributed by atoms with Gasteiger partial charge in [-0.15, -0.1) is 0 Å². The maximum Gasteiger partial charge on any atom is 0.0451 e. The second-order valence-corrected chi connectivity index (χ2v) is 0.804. The van der Waals surface area contributed by atoms with Gasteiger partial charge >= 0.3 is 0 Å². The van der Waals surface area contributed by atoms with E-state index in [1.807, 2.05) is 0 Å². The minimum absolute atomic E-state index is 0. The molecule has 1 radical (unpaired) electrons. The first-order chi connectivity index (χ1) is 4.33. The second kappa shape index (κ2) is 43.8. The molecule has 0 aromatic rings. The van der Waals surface area contributed by atoms with Gasteiger partial charge in [0, 0.05) is 46.4 Å². The van der Waals surface area contributed by atoms with E-state index in [4.69, 9.17) is 9.59 Å². The summed E-state index contributed by atoms with van der Waals surface area (Å²) in [5.74, 6) is 0. The van der Waals surface area contributed by atoms with Crippen molar-refractivity contribution in [3.8, 4) is 0 Å².